The van der Waals surface area contributed by atoms with Gasteiger partial charge >= 0.3 is 5.97 Å². The molecule has 0 aromatic heterocycles. The molecule has 0 atom stereocenters. The number of hydrogen-bond donors (Lipinski definition) is 0. The summed E-state index contributed by atoms with van der Waals surface area (Å²) < 4.78 is 9.20. The van der Waals surface area contributed by atoms with E-state index < -0.39 is 0 Å². The zero-order valence-corrected chi connectivity index (χ0v) is 6.29. The quantitative estimate of drug-likeness (QED) is 0.336. The Morgan fingerprint density at radius 3 is 2.80 bits per heavy atom. The summed E-state index contributed by atoms with van der Waals surface area (Å²) in [6.45, 7) is 2.40. The average molecular weight is 144 g/mol. The normalized spacial score (nSPS) is 9.80. The summed E-state index contributed by atoms with van der Waals surface area (Å²) in [6.07, 6.45) is 3.38. The lowest BCUT2D eigenvalue weighted by atomic mass is 10.5. The molecule has 0 saturated carbocycles. The van der Waals surface area contributed by atoms with Crippen molar-refractivity contribution in [1.82, 2.24) is 0 Å². The summed E-state index contributed by atoms with van der Waals surface area (Å²) in [5, 5.41) is 0. The van der Waals surface area contributed by atoms with E-state index in [0.29, 0.717) is 6.61 Å². The Hall–Kier alpha value is -0.990. The van der Waals surface area contributed by atoms with E-state index >= 15 is 0 Å². The van der Waals surface area contributed by atoms with Crippen LogP contribution in [0, 0.1) is 0 Å². The van der Waals surface area contributed by atoms with Crippen molar-refractivity contribution in [3.63, 3.8) is 0 Å². The standard InChI is InChI=1S/C7H12O3/c1-3-5-10-7(8)4-6-9-2/h4,6H,3,5H2,1-2H3/b6-4+. The fourth-order valence-corrected chi connectivity index (χ4v) is 0.374. The van der Waals surface area contributed by atoms with Gasteiger partial charge in [-0.05, 0) is 6.42 Å². The van der Waals surface area contributed by atoms with Gasteiger partial charge in [0, 0.05) is 0 Å². The second-order valence-electron chi connectivity index (χ2n) is 1.71. The van der Waals surface area contributed by atoms with Crippen molar-refractivity contribution in [1.29, 1.82) is 0 Å². The second kappa shape index (κ2) is 6.13. The summed E-state index contributed by atoms with van der Waals surface area (Å²) in [6, 6.07) is 0. The van der Waals surface area contributed by atoms with E-state index in [0.717, 1.165) is 6.42 Å². The molecule has 0 fully saturated rings. The molecule has 0 aliphatic rings. The third-order valence-corrected chi connectivity index (χ3v) is 0.789. The Morgan fingerprint density at radius 1 is 1.60 bits per heavy atom. The highest BCUT2D eigenvalue weighted by Gasteiger charge is 1.92. The molecule has 0 aromatic carbocycles. The van der Waals surface area contributed by atoms with Gasteiger partial charge < -0.3 is 9.47 Å². The predicted octanol–water partition coefficient (Wildman–Crippen LogP) is 1.10. The SMILES string of the molecule is CCCOC(=O)/C=C/OC. The van der Waals surface area contributed by atoms with Crippen LogP contribution in [0.3, 0.4) is 0 Å². The first-order chi connectivity index (χ1) is 4.81. The van der Waals surface area contributed by atoms with Crippen molar-refractivity contribution < 1.29 is 14.3 Å². The van der Waals surface area contributed by atoms with Crippen molar-refractivity contribution in [2.75, 3.05) is 13.7 Å². The Kier molecular flexibility index (Phi) is 5.53. The minimum absolute atomic E-state index is 0.358. The number of esters is 1. The van der Waals surface area contributed by atoms with Crippen LogP contribution in [-0.2, 0) is 14.3 Å². The van der Waals surface area contributed by atoms with Crippen molar-refractivity contribution in [2.24, 2.45) is 0 Å². The Morgan fingerprint density at radius 2 is 2.30 bits per heavy atom. The monoisotopic (exact) mass is 144 g/mol. The summed E-state index contributed by atoms with van der Waals surface area (Å²) in [5.41, 5.74) is 0. The first-order valence-corrected chi connectivity index (χ1v) is 3.17. The van der Waals surface area contributed by atoms with E-state index in [1.165, 1.54) is 19.4 Å². The van der Waals surface area contributed by atoms with Crippen LogP contribution in [0.4, 0.5) is 0 Å². The molecule has 0 aliphatic heterocycles. The molecule has 0 heterocycles. The van der Waals surface area contributed by atoms with Crippen LogP contribution in [0.1, 0.15) is 13.3 Å². The first kappa shape index (κ1) is 9.01. The molecule has 0 radical (unpaired) electrons. The van der Waals surface area contributed by atoms with Crippen molar-refractivity contribution in [3.05, 3.63) is 12.3 Å². The van der Waals surface area contributed by atoms with Crippen LogP contribution in [0.5, 0.6) is 0 Å². The molecule has 0 spiro atoms. The number of carbonyl (C=O) groups excluding carboxylic acids is 1. The highest BCUT2D eigenvalue weighted by molar-refractivity contribution is 5.81. The molecule has 3 nitrogen and oxygen atoms in total. The molecule has 58 valence electrons. The van der Waals surface area contributed by atoms with Gasteiger partial charge in [0.15, 0.2) is 0 Å². The van der Waals surface area contributed by atoms with Crippen LogP contribution in [0.2, 0.25) is 0 Å². The predicted molar refractivity (Wildman–Crippen MR) is 37.4 cm³/mol. The van der Waals surface area contributed by atoms with Crippen molar-refractivity contribution in [2.45, 2.75) is 13.3 Å². The number of hydrogen-bond acceptors (Lipinski definition) is 3. The molecule has 0 amide bonds. The molecule has 0 aromatic rings. The van der Waals surface area contributed by atoms with E-state index in [1.54, 1.807) is 0 Å². The van der Waals surface area contributed by atoms with Crippen LogP contribution < -0.4 is 0 Å². The zero-order chi connectivity index (χ0) is 7.82. The smallest absolute Gasteiger partial charge is 0.333 e. The van der Waals surface area contributed by atoms with E-state index in [4.69, 9.17) is 0 Å². The molecular weight excluding hydrogens is 132 g/mol. The van der Waals surface area contributed by atoms with Gasteiger partial charge in [0.25, 0.3) is 0 Å². The molecule has 0 rings (SSSR count). The fourth-order valence-electron chi connectivity index (χ4n) is 0.374. The van der Waals surface area contributed by atoms with Crippen molar-refractivity contribution >= 4 is 5.97 Å². The average Bonchev–Trinajstić information content (AvgIpc) is 1.97. The summed E-state index contributed by atoms with van der Waals surface area (Å²) in [7, 11) is 1.48. The third kappa shape index (κ3) is 5.15. The molecule has 10 heavy (non-hydrogen) atoms. The topological polar surface area (TPSA) is 35.5 Å². The maximum atomic E-state index is 10.6. The van der Waals surface area contributed by atoms with Crippen LogP contribution in [-0.4, -0.2) is 19.7 Å². The Bertz CT molecular complexity index is 118. The number of methoxy groups -OCH3 is 1. The molecular formula is C7H12O3. The summed E-state index contributed by atoms with van der Waals surface area (Å²) in [5.74, 6) is -0.358. The van der Waals surface area contributed by atoms with Gasteiger partial charge in [-0.25, -0.2) is 4.79 Å². The first-order valence-electron chi connectivity index (χ1n) is 3.17. The van der Waals surface area contributed by atoms with Gasteiger partial charge in [-0.1, -0.05) is 6.92 Å². The van der Waals surface area contributed by atoms with Gasteiger partial charge in [0.1, 0.15) is 0 Å². The minimum Gasteiger partial charge on any atom is -0.504 e. The Balaban J connectivity index is 3.34. The third-order valence-electron chi connectivity index (χ3n) is 0.789. The van der Waals surface area contributed by atoms with Gasteiger partial charge in [-0.3, -0.25) is 0 Å². The van der Waals surface area contributed by atoms with Gasteiger partial charge in [0.2, 0.25) is 0 Å². The van der Waals surface area contributed by atoms with Gasteiger partial charge in [-0.15, -0.1) is 0 Å². The summed E-state index contributed by atoms with van der Waals surface area (Å²) >= 11 is 0. The molecule has 0 bridgehead atoms. The lowest BCUT2D eigenvalue weighted by Crippen LogP contribution is -2.00. The molecule has 0 N–H and O–H groups in total. The van der Waals surface area contributed by atoms with Crippen LogP contribution in [0.15, 0.2) is 12.3 Å². The van der Waals surface area contributed by atoms with Crippen LogP contribution >= 0.6 is 0 Å². The largest absolute Gasteiger partial charge is 0.504 e. The van der Waals surface area contributed by atoms with E-state index in [1.807, 2.05) is 6.92 Å². The van der Waals surface area contributed by atoms with Crippen LogP contribution in [0.25, 0.3) is 0 Å². The molecule has 3 heteroatoms. The maximum Gasteiger partial charge on any atom is 0.333 e. The number of rotatable bonds is 4. The lowest BCUT2D eigenvalue weighted by Gasteiger charge is -1.96. The highest BCUT2D eigenvalue weighted by Crippen LogP contribution is 1.84. The maximum absolute atomic E-state index is 10.6. The lowest BCUT2D eigenvalue weighted by molar-refractivity contribution is -0.137. The molecule has 0 aliphatic carbocycles. The fraction of sp³-hybridized carbons (Fsp3) is 0.571. The number of ether oxygens (including phenoxy) is 2. The molecule has 0 unspecified atom stereocenters. The zero-order valence-electron chi connectivity index (χ0n) is 6.29. The van der Waals surface area contributed by atoms with Crippen molar-refractivity contribution in [3.8, 4) is 0 Å². The van der Waals surface area contributed by atoms with E-state index in [2.05, 4.69) is 9.47 Å². The minimum atomic E-state index is -0.358. The second-order valence-corrected chi connectivity index (χ2v) is 1.71. The van der Waals surface area contributed by atoms with Gasteiger partial charge in [0.05, 0.1) is 26.1 Å². The van der Waals surface area contributed by atoms with E-state index in [9.17, 15) is 4.79 Å². The van der Waals surface area contributed by atoms with Gasteiger partial charge in [-0.2, -0.15) is 0 Å². The highest BCUT2D eigenvalue weighted by atomic mass is 16.5. The van der Waals surface area contributed by atoms with E-state index in [-0.39, 0.29) is 5.97 Å². The number of carbonyl (C=O) groups is 1. The summed E-state index contributed by atoms with van der Waals surface area (Å²) in [4.78, 5) is 10.6. The molecule has 0 saturated heterocycles. The Labute approximate surface area is 60.6 Å².